The number of carboxylic acids is 1. The third-order valence-electron chi connectivity index (χ3n) is 2.90. The van der Waals surface area contributed by atoms with Crippen molar-refractivity contribution in [2.45, 2.75) is 0 Å². The number of rotatable bonds is 1. The lowest BCUT2D eigenvalue weighted by Gasteiger charge is -2.04. The predicted octanol–water partition coefficient (Wildman–Crippen LogP) is 1.85. The lowest BCUT2D eigenvalue weighted by molar-refractivity contribution is 0.0443. The molecule has 0 saturated carbocycles. The smallest absolute Gasteiger partial charge is 0.347 e. The Labute approximate surface area is 101 Å². The van der Waals surface area contributed by atoms with Gasteiger partial charge in [0.1, 0.15) is 0 Å². The van der Waals surface area contributed by atoms with Crippen LogP contribution >= 0.6 is 0 Å². The molecular weight excluding hydrogens is 236 g/mol. The number of hydrogen-bond acceptors (Lipinski definition) is 4. The second kappa shape index (κ2) is 3.40. The summed E-state index contributed by atoms with van der Waals surface area (Å²) in [6.07, 6.45) is 0. The van der Waals surface area contributed by atoms with Crippen molar-refractivity contribution in [3.05, 3.63) is 47.0 Å². The first-order valence-corrected chi connectivity index (χ1v) is 5.15. The molecule has 0 aromatic heterocycles. The topological polar surface area (TPSA) is 80.7 Å². The molecule has 0 saturated heterocycles. The second-order valence-corrected chi connectivity index (χ2v) is 3.87. The fourth-order valence-corrected chi connectivity index (χ4v) is 2.12. The van der Waals surface area contributed by atoms with Crippen LogP contribution in [-0.4, -0.2) is 23.0 Å². The monoisotopic (exact) mass is 242 g/mol. The van der Waals surface area contributed by atoms with Crippen LogP contribution in [0.15, 0.2) is 30.3 Å². The summed E-state index contributed by atoms with van der Waals surface area (Å²) >= 11 is 0. The highest BCUT2D eigenvalue weighted by Gasteiger charge is 2.31. The molecule has 18 heavy (non-hydrogen) atoms. The molecule has 5 nitrogen and oxygen atoms in total. The zero-order valence-electron chi connectivity index (χ0n) is 8.97. The minimum Gasteiger partial charge on any atom is -0.478 e. The standard InChI is InChI=1S/C13H6O5/c14-11(15)8-3-1-2-7-6(8)4-5-9-10(7)13(17)18-12(9)16/h1-5H,(H,14,15). The van der Waals surface area contributed by atoms with Gasteiger partial charge >= 0.3 is 17.9 Å². The van der Waals surface area contributed by atoms with Crippen LogP contribution in [0.4, 0.5) is 0 Å². The van der Waals surface area contributed by atoms with E-state index in [1.165, 1.54) is 24.3 Å². The van der Waals surface area contributed by atoms with Gasteiger partial charge in [0, 0.05) is 0 Å². The molecule has 2 aromatic carbocycles. The minimum absolute atomic E-state index is 0.0856. The number of fused-ring (bicyclic) bond motifs is 3. The number of carbonyl (C=O) groups excluding carboxylic acids is 2. The predicted molar refractivity (Wildman–Crippen MR) is 60.7 cm³/mol. The van der Waals surface area contributed by atoms with Gasteiger partial charge in [-0.25, -0.2) is 14.4 Å². The Morgan fingerprint density at radius 2 is 1.78 bits per heavy atom. The molecule has 1 aliphatic rings. The summed E-state index contributed by atoms with van der Waals surface area (Å²) in [5.41, 5.74) is 0.401. The van der Waals surface area contributed by atoms with Crippen molar-refractivity contribution < 1.29 is 24.2 Å². The molecule has 1 N–H and O–H groups in total. The SMILES string of the molecule is O=C1OC(=O)c2c1ccc1c(C(=O)O)cccc21. The van der Waals surface area contributed by atoms with E-state index in [2.05, 4.69) is 4.74 Å². The molecule has 0 bridgehead atoms. The Balaban J connectivity index is 2.46. The zero-order valence-corrected chi connectivity index (χ0v) is 8.97. The van der Waals surface area contributed by atoms with E-state index in [0.29, 0.717) is 10.8 Å². The number of esters is 2. The quantitative estimate of drug-likeness (QED) is 0.609. The Morgan fingerprint density at radius 1 is 1.00 bits per heavy atom. The summed E-state index contributed by atoms with van der Waals surface area (Å²) in [5, 5.41) is 9.90. The third-order valence-corrected chi connectivity index (χ3v) is 2.90. The summed E-state index contributed by atoms with van der Waals surface area (Å²) in [6.45, 7) is 0. The number of aromatic carboxylic acids is 1. The highest BCUT2D eigenvalue weighted by molar-refractivity contribution is 6.22. The largest absolute Gasteiger partial charge is 0.478 e. The van der Waals surface area contributed by atoms with Gasteiger partial charge in [-0.3, -0.25) is 0 Å². The Hall–Kier alpha value is -2.69. The highest BCUT2D eigenvalue weighted by Crippen LogP contribution is 2.30. The molecule has 88 valence electrons. The fraction of sp³-hybridized carbons (Fsp3) is 0. The van der Waals surface area contributed by atoms with Crippen molar-refractivity contribution in [3.8, 4) is 0 Å². The molecule has 1 aliphatic heterocycles. The summed E-state index contributed by atoms with van der Waals surface area (Å²) in [6, 6.07) is 7.50. The van der Waals surface area contributed by atoms with Crippen LogP contribution in [0, 0.1) is 0 Å². The van der Waals surface area contributed by atoms with Gasteiger partial charge in [0.2, 0.25) is 0 Å². The first-order valence-electron chi connectivity index (χ1n) is 5.15. The lowest BCUT2D eigenvalue weighted by atomic mass is 9.97. The van der Waals surface area contributed by atoms with Gasteiger partial charge in [-0.2, -0.15) is 0 Å². The van der Waals surface area contributed by atoms with Crippen LogP contribution in [0.2, 0.25) is 0 Å². The van der Waals surface area contributed by atoms with E-state index in [0.717, 1.165) is 0 Å². The first kappa shape index (κ1) is 10.5. The molecule has 1 heterocycles. The van der Waals surface area contributed by atoms with E-state index in [9.17, 15) is 14.4 Å². The van der Waals surface area contributed by atoms with E-state index in [4.69, 9.17) is 5.11 Å². The van der Waals surface area contributed by atoms with E-state index < -0.39 is 17.9 Å². The van der Waals surface area contributed by atoms with E-state index in [-0.39, 0.29) is 16.7 Å². The Morgan fingerprint density at radius 3 is 2.50 bits per heavy atom. The van der Waals surface area contributed by atoms with Gasteiger partial charge in [-0.15, -0.1) is 0 Å². The molecule has 0 radical (unpaired) electrons. The van der Waals surface area contributed by atoms with E-state index in [1.807, 2.05) is 0 Å². The molecule has 2 aromatic rings. The van der Waals surface area contributed by atoms with Crippen LogP contribution in [0.25, 0.3) is 10.8 Å². The van der Waals surface area contributed by atoms with Gasteiger partial charge in [0.05, 0.1) is 16.7 Å². The maximum Gasteiger partial charge on any atom is 0.347 e. The maximum absolute atomic E-state index is 11.6. The van der Waals surface area contributed by atoms with E-state index in [1.54, 1.807) is 6.07 Å². The molecule has 0 spiro atoms. The summed E-state index contributed by atoms with van der Waals surface area (Å²) < 4.78 is 4.51. The summed E-state index contributed by atoms with van der Waals surface area (Å²) in [5.74, 6) is -2.51. The molecule has 0 fully saturated rings. The van der Waals surface area contributed by atoms with Crippen LogP contribution in [-0.2, 0) is 4.74 Å². The van der Waals surface area contributed by atoms with Crippen LogP contribution < -0.4 is 0 Å². The van der Waals surface area contributed by atoms with Crippen molar-refractivity contribution in [1.29, 1.82) is 0 Å². The Kier molecular flexibility index (Phi) is 1.98. The average Bonchev–Trinajstić information content (AvgIpc) is 2.64. The lowest BCUT2D eigenvalue weighted by Crippen LogP contribution is -2.00. The van der Waals surface area contributed by atoms with E-state index >= 15 is 0 Å². The average molecular weight is 242 g/mol. The number of benzene rings is 2. The van der Waals surface area contributed by atoms with Crippen LogP contribution in [0.1, 0.15) is 31.1 Å². The molecule has 0 unspecified atom stereocenters. The van der Waals surface area contributed by atoms with Crippen molar-refractivity contribution >= 4 is 28.7 Å². The molecule has 0 aliphatic carbocycles. The number of hydrogen-bond donors (Lipinski definition) is 1. The second-order valence-electron chi connectivity index (χ2n) is 3.87. The van der Waals surface area contributed by atoms with Crippen molar-refractivity contribution in [2.24, 2.45) is 0 Å². The molecule has 0 atom stereocenters. The van der Waals surface area contributed by atoms with Crippen molar-refractivity contribution in [2.75, 3.05) is 0 Å². The van der Waals surface area contributed by atoms with Crippen LogP contribution in [0.3, 0.4) is 0 Å². The molecular formula is C13H6O5. The Bertz CT molecular complexity index is 729. The fourth-order valence-electron chi connectivity index (χ4n) is 2.12. The first-order chi connectivity index (χ1) is 8.59. The number of ether oxygens (including phenoxy) is 1. The zero-order chi connectivity index (χ0) is 12.9. The van der Waals surface area contributed by atoms with Gasteiger partial charge in [0.25, 0.3) is 0 Å². The van der Waals surface area contributed by atoms with Gasteiger partial charge < -0.3 is 9.84 Å². The molecule has 0 amide bonds. The summed E-state index contributed by atoms with van der Waals surface area (Å²) in [7, 11) is 0. The number of carbonyl (C=O) groups is 3. The molecule has 5 heteroatoms. The normalized spacial score (nSPS) is 13.6. The van der Waals surface area contributed by atoms with Crippen molar-refractivity contribution in [1.82, 2.24) is 0 Å². The summed E-state index contributed by atoms with van der Waals surface area (Å²) in [4.78, 5) is 34.0. The van der Waals surface area contributed by atoms with Crippen molar-refractivity contribution in [3.63, 3.8) is 0 Å². The third kappa shape index (κ3) is 1.24. The van der Waals surface area contributed by atoms with Crippen LogP contribution in [0.5, 0.6) is 0 Å². The maximum atomic E-state index is 11.6. The highest BCUT2D eigenvalue weighted by atomic mass is 16.6. The van der Waals surface area contributed by atoms with Gasteiger partial charge in [-0.1, -0.05) is 18.2 Å². The van der Waals surface area contributed by atoms with Gasteiger partial charge in [0.15, 0.2) is 0 Å². The minimum atomic E-state index is -1.08. The van der Waals surface area contributed by atoms with Gasteiger partial charge in [-0.05, 0) is 22.9 Å². The number of cyclic esters (lactones) is 2. The molecule has 3 rings (SSSR count). The number of carboxylic acid groups (broad SMARTS) is 1.